The van der Waals surface area contributed by atoms with Gasteiger partial charge in [-0.3, -0.25) is 0 Å². The molecule has 3 aliphatic heterocycles. The van der Waals surface area contributed by atoms with Gasteiger partial charge in [-0.2, -0.15) is 0 Å². The SMILES string of the molecule is CC(C)(C)c1ccc2c(c1)CCC1c3cc(C(C)(C)C)ccc3-c3cccc4[n+]3C1[n+]1c-2cccc1C41c2ccccc2-c2ccccc21. The third-order valence-electron chi connectivity index (χ3n) is 12.2. The third-order valence-corrected chi connectivity index (χ3v) is 12.2. The quantitative estimate of drug-likeness (QED) is 0.146. The molecule has 4 aromatic carbocycles. The van der Waals surface area contributed by atoms with Crippen molar-refractivity contribution in [2.24, 2.45) is 0 Å². The highest BCUT2D eigenvalue weighted by Gasteiger charge is 2.65. The van der Waals surface area contributed by atoms with Crippen molar-refractivity contribution in [1.29, 1.82) is 0 Å². The van der Waals surface area contributed by atoms with E-state index in [1.165, 1.54) is 78.4 Å². The molecule has 0 saturated carbocycles. The fourth-order valence-electron chi connectivity index (χ4n) is 9.92. The summed E-state index contributed by atoms with van der Waals surface area (Å²) in [4.78, 5) is 0. The number of fused-ring (bicyclic) bond motifs is 12. The van der Waals surface area contributed by atoms with E-state index in [0.29, 0.717) is 5.92 Å². The molecule has 0 bridgehead atoms. The molecule has 0 fully saturated rings. The lowest BCUT2D eigenvalue weighted by Crippen LogP contribution is -2.73. The lowest BCUT2D eigenvalue weighted by atomic mass is 9.68. The van der Waals surface area contributed by atoms with Gasteiger partial charge in [0.15, 0.2) is 5.41 Å². The zero-order valence-corrected chi connectivity index (χ0v) is 29.5. The molecule has 1 aliphatic carbocycles. The zero-order valence-electron chi connectivity index (χ0n) is 29.5. The van der Waals surface area contributed by atoms with Crippen LogP contribution in [0.2, 0.25) is 0 Å². The number of pyridine rings is 2. The van der Waals surface area contributed by atoms with Gasteiger partial charge in [-0.05, 0) is 92.4 Å². The summed E-state index contributed by atoms with van der Waals surface area (Å²) < 4.78 is 5.56. The van der Waals surface area contributed by atoms with Crippen LogP contribution in [0.4, 0.5) is 0 Å². The molecule has 0 saturated heterocycles. The molecule has 4 aliphatic rings. The van der Waals surface area contributed by atoms with Crippen molar-refractivity contribution in [1.82, 2.24) is 0 Å². The number of aromatic nitrogens is 2. The molecule has 1 spiro atoms. The summed E-state index contributed by atoms with van der Waals surface area (Å²) in [7, 11) is 0. The van der Waals surface area contributed by atoms with Crippen molar-refractivity contribution in [3.8, 4) is 33.6 Å². The van der Waals surface area contributed by atoms with Gasteiger partial charge in [-0.15, -0.1) is 9.13 Å². The van der Waals surface area contributed by atoms with Gasteiger partial charge in [0.05, 0.1) is 5.56 Å². The smallest absolute Gasteiger partial charge is 0.131 e. The summed E-state index contributed by atoms with van der Waals surface area (Å²) >= 11 is 0. The normalized spacial score (nSPS) is 18.8. The van der Waals surface area contributed by atoms with Gasteiger partial charge in [0, 0.05) is 29.8 Å². The number of nitrogens with zero attached hydrogens (tertiary/aromatic N) is 2. The molecule has 0 radical (unpaired) electrons. The van der Waals surface area contributed by atoms with Gasteiger partial charge in [0.2, 0.25) is 22.8 Å². The van der Waals surface area contributed by atoms with Crippen LogP contribution in [0.1, 0.15) is 105 Å². The molecule has 0 N–H and O–H groups in total. The Labute approximate surface area is 290 Å². The van der Waals surface area contributed by atoms with E-state index in [4.69, 9.17) is 0 Å². The van der Waals surface area contributed by atoms with Crippen molar-refractivity contribution in [3.05, 3.63) is 166 Å². The number of rotatable bonds is 0. The number of hydrogen-bond acceptors (Lipinski definition) is 0. The first kappa shape index (κ1) is 29.1. The Hall–Kier alpha value is -4.82. The van der Waals surface area contributed by atoms with E-state index in [-0.39, 0.29) is 17.0 Å². The summed E-state index contributed by atoms with van der Waals surface area (Å²) in [5, 5.41) is 0. The molecule has 6 aromatic rings. The molecule has 0 amide bonds. The number of aryl methyl sites for hydroxylation is 1. The molecule has 2 aromatic heterocycles. The average molecular weight is 637 g/mol. The Kier molecular flexibility index (Phi) is 5.74. The van der Waals surface area contributed by atoms with E-state index < -0.39 is 5.41 Å². The maximum absolute atomic E-state index is 2.79. The molecule has 2 atom stereocenters. The van der Waals surface area contributed by atoms with Crippen LogP contribution in [-0.4, -0.2) is 0 Å². The number of hydrogen-bond donors (Lipinski definition) is 0. The maximum Gasteiger partial charge on any atom is 0.360 e. The van der Waals surface area contributed by atoms with E-state index in [1.807, 2.05) is 0 Å². The predicted octanol–water partition coefficient (Wildman–Crippen LogP) is 9.96. The predicted molar refractivity (Wildman–Crippen MR) is 198 cm³/mol. The minimum Gasteiger partial charge on any atom is -0.131 e. The lowest BCUT2D eigenvalue weighted by Gasteiger charge is -2.40. The average Bonchev–Trinajstić information content (AvgIpc) is 3.38. The Morgan fingerprint density at radius 2 is 1.06 bits per heavy atom. The Morgan fingerprint density at radius 1 is 0.531 bits per heavy atom. The summed E-state index contributed by atoms with van der Waals surface area (Å²) in [5.74, 6) is 0.316. The van der Waals surface area contributed by atoms with Crippen LogP contribution in [0.3, 0.4) is 0 Å². The first-order valence-corrected chi connectivity index (χ1v) is 18.2. The first-order valence-electron chi connectivity index (χ1n) is 18.2. The Bertz CT molecular complexity index is 2330. The van der Waals surface area contributed by atoms with Gasteiger partial charge in [0.25, 0.3) is 0 Å². The van der Waals surface area contributed by atoms with Crippen LogP contribution >= 0.6 is 0 Å². The Morgan fingerprint density at radius 3 is 1.65 bits per heavy atom. The van der Waals surface area contributed by atoms with Crippen LogP contribution in [-0.2, 0) is 22.7 Å². The van der Waals surface area contributed by atoms with Gasteiger partial charge in [0.1, 0.15) is 5.92 Å². The van der Waals surface area contributed by atoms with E-state index >= 15 is 0 Å². The van der Waals surface area contributed by atoms with Crippen LogP contribution < -0.4 is 9.13 Å². The third kappa shape index (κ3) is 3.73. The second kappa shape index (κ2) is 9.66. The molecule has 2 heteroatoms. The van der Waals surface area contributed by atoms with Gasteiger partial charge >= 0.3 is 6.17 Å². The molecular weight excluding hydrogens is 593 g/mol. The Balaban J connectivity index is 1.39. The highest BCUT2D eigenvalue weighted by Crippen LogP contribution is 2.58. The monoisotopic (exact) mass is 636 g/mol. The second-order valence-corrected chi connectivity index (χ2v) is 16.9. The second-order valence-electron chi connectivity index (χ2n) is 16.9. The van der Waals surface area contributed by atoms with Gasteiger partial charge in [-0.25, -0.2) is 0 Å². The van der Waals surface area contributed by atoms with Crippen molar-refractivity contribution in [3.63, 3.8) is 0 Å². The van der Waals surface area contributed by atoms with Crippen molar-refractivity contribution < 1.29 is 9.13 Å². The molecule has 10 rings (SSSR count). The van der Waals surface area contributed by atoms with Crippen molar-refractivity contribution >= 4 is 0 Å². The number of benzene rings is 4. The fourth-order valence-corrected chi connectivity index (χ4v) is 9.92. The van der Waals surface area contributed by atoms with Crippen LogP contribution in [0, 0.1) is 0 Å². The topological polar surface area (TPSA) is 7.76 Å². The minimum absolute atomic E-state index is 0.0736. The van der Waals surface area contributed by atoms with Crippen molar-refractivity contribution in [2.45, 2.75) is 82.7 Å². The molecule has 5 heterocycles. The van der Waals surface area contributed by atoms with E-state index in [1.54, 1.807) is 0 Å². The first-order chi connectivity index (χ1) is 23.6. The molecule has 2 unspecified atom stereocenters. The van der Waals surface area contributed by atoms with Gasteiger partial charge in [-0.1, -0.05) is 114 Å². The van der Waals surface area contributed by atoms with E-state index in [0.717, 1.165) is 12.8 Å². The molecule has 49 heavy (non-hydrogen) atoms. The minimum atomic E-state index is -0.451. The standard InChI is InChI=1S/C47H44N2/c1-45(2,3)30-22-25-32-29(27-30)21-24-36-37-28-31(46(4,5)6)23-26-35(37)41-18-12-20-43-47(42-19-11-17-40(32)48(42)44(36)49(41)43)38-15-9-7-13-33(38)34-14-8-10-16-39(34)47/h7-20,22-23,25-28,36,44H,21,24H2,1-6H3/q+2. The van der Waals surface area contributed by atoms with Gasteiger partial charge < -0.3 is 0 Å². The van der Waals surface area contributed by atoms with Crippen LogP contribution in [0.15, 0.2) is 121 Å². The largest absolute Gasteiger partial charge is 0.360 e. The molecule has 2 nitrogen and oxygen atoms in total. The summed E-state index contributed by atoms with van der Waals surface area (Å²) in [6.45, 7) is 14.1. The highest BCUT2D eigenvalue weighted by molar-refractivity contribution is 5.85. The summed E-state index contributed by atoms with van der Waals surface area (Å²) in [6, 6.07) is 47.4. The fraction of sp³-hybridized carbons (Fsp3) is 0.277. The van der Waals surface area contributed by atoms with E-state index in [2.05, 4.69) is 172 Å². The molecular formula is C47H44N2+2. The van der Waals surface area contributed by atoms with E-state index in [9.17, 15) is 0 Å². The lowest BCUT2D eigenvalue weighted by molar-refractivity contribution is -0.957. The summed E-state index contributed by atoms with van der Waals surface area (Å²) in [5.41, 5.74) is 19.1. The maximum atomic E-state index is 2.79. The highest BCUT2D eigenvalue weighted by atomic mass is 15.3. The van der Waals surface area contributed by atoms with Crippen LogP contribution in [0.5, 0.6) is 0 Å². The molecule has 240 valence electrons. The summed E-state index contributed by atoms with van der Waals surface area (Å²) in [6.07, 6.45) is 2.27. The van der Waals surface area contributed by atoms with Crippen LogP contribution in [0.25, 0.3) is 33.6 Å². The zero-order chi connectivity index (χ0) is 33.4. The van der Waals surface area contributed by atoms with Crippen molar-refractivity contribution in [2.75, 3.05) is 0 Å².